The van der Waals surface area contributed by atoms with Crippen LogP contribution in [0.4, 0.5) is 0 Å². The van der Waals surface area contributed by atoms with E-state index in [4.69, 9.17) is 0 Å². The average Bonchev–Trinajstić information content (AvgIpc) is 2.18. The zero-order valence-corrected chi connectivity index (χ0v) is 9.59. The summed E-state index contributed by atoms with van der Waals surface area (Å²) in [5.74, 6) is 0. The predicted octanol–water partition coefficient (Wildman–Crippen LogP) is 2.74. The Kier molecular flexibility index (Phi) is 4.68. The lowest BCUT2D eigenvalue weighted by Gasteiger charge is -2.09. The summed E-state index contributed by atoms with van der Waals surface area (Å²) < 4.78 is 0. The van der Waals surface area contributed by atoms with Crippen molar-refractivity contribution in [2.75, 3.05) is 20.6 Å². The van der Waals surface area contributed by atoms with Crippen molar-refractivity contribution in [3.05, 3.63) is 35.4 Å². The molecule has 14 heavy (non-hydrogen) atoms. The van der Waals surface area contributed by atoms with Crippen molar-refractivity contribution in [3.8, 4) is 0 Å². The summed E-state index contributed by atoms with van der Waals surface area (Å²) in [6.45, 7) is 3.38. The average molecular weight is 191 g/mol. The minimum Gasteiger partial charge on any atom is -0.309 e. The maximum atomic E-state index is 2.33. The smallest absolute Gasteiger partial charge is 0.00217 e. The third kappa shape index (κ3) is 3.93. The fourth-order valence-corrected chi connectivity index (χ4v) is 1.60. The Bertz CT molecular complexity index is 266. The first kappa shape index (κ1) is 11.3. The Morgan fingerprint density at radius 3 is 2.50 bits per heavy atom. The highest BCUT2D eigenvalue weighted by Crippen LogP contribution is 2.08. The quantitative estimate of drug-likeness (QED) is 0.691. The van der Waals surface area contributed by atoms with E-state index in [0.29, 0.717) is 0 Å². The van der Waals surface area contributed by atoms with Crippen molar-refractivity contribution in [2.45, 2.75) is 26.2 Å². The van der Waals surface area contributed by atoms with Gasteiger partial charge in [-0.05, 0) is 51.0 Å². The van der Waals surface area contributed by atoms with Crippen LogP contribution in [0.15, 0.2) is 24.3 Å². The molecule has 1 nitrogen and oxygen atoms in total. The second-order valence-electron chi connectivity index (χ2n) is 4.08. The molecular weight excluding hydrogens is 170 g/mol. The molecule has 0 radical (unpaired) electrons. The predicted molar refractivity (Wildman–Crippen MR) is 62.7 cm³/mol. The Morgan fingerprint density at radius 2 is 1.86 bits per heavy atom. The molecule has 0 saturated heterocycles. The summed E-state index contributed by atoms with van der Waals surface area (Å²) >= 11 is 0. The third-order valence-electron chi connectivity index (χ3n) is 2.47. The van der Waals surface area contributed by atoms with Gasteiger partial charge in [0.05, 0.1) is 0 Å². The van der Waals surface area contributed by atoms with Gasteiger partial charge in [0, 0.05) is 0 Å². The van der Waals surface area contributed by atoms with Crippen LogP contribution in [-0.4, -0.2) is 25.5 Å². The van der Waals surface area contributed by atoms with Crippen molar-refractivity contribution < 1.29 is 0 Å². The van der Waals surface area contributed by atoms with Crippen LogP contribution in [0.2, 0.25) is 0 Å². The molecular formula is C13H21N. The molecule has 0 amide bonds. The van der Waals surface area contributed by atoms with E-state index >= 15 is 0 Å². The molecule has 1 rings (SSSR count). The summed E-state index contributed by atoms with van der Waals surface area (Å²) in [5, 5.41) is 0. The summed E-state index contributed by atoms with van der Waals surface area (Å²) in [5.41, 5.74) is 2.93. The summed E-state index contributed by atoms with van der Waals surface area (Å²) in [6, 6.07) is 8.93. The van der Waals surface area contributed by atoms with Crippen molar-refractivity contribution in [3.63, 3.8) is 0 Å². The molecule has 0 bridgehead atoms. The first-order valence-electron chi connectivity index (χ1n) is 5.45. The summed E-state index contributed by atoms with van der Waals surface area (Å²) in [6.07, 6.45) is 3.59. The van der Waals surface area contributed by atoms with E-state index in [9.17, 15) is 0 Å². The van der Waals surface area contributed by atoms with Gasteiger partial charge in [-0.2, -0.15) is 0 Å². The number of hydrogen-bond donors (Lipinski definition) is 0. The normalized spacial score (nSPS) is 10.9. The van der Waals surface area contributed by atoms with Crippen LogP contribution in [0.5, 0.6) is 0 Å². The molecule has 1 aromatic rings. The molecule has 0 aliphatic heterocycles. The van der Waals surface area contributed by atoms with E-state index in [-0.39, 0.29) is 0 Å². The lowest BCUT2D eigenvalue weighted by molar-refractivity contribution is 0.400. The van der Waals surface area contributed by atoms with Crippen LogP contribution in [0.25, 0.3) is 0 Å². The van der Waals surface area contributed by atoms with Gasteiger partial charge in [0.2, 0.25) is 0 Å². The van der Waals surface area contributed by atoms with Crippen molar-refractivity contribution in [1.82, 2.24) is 4.90 Å². The molecule has 78 valence electrons. The molecule has 0 aromatic heterocycles. The zero-order chi connectivity index (χ0) is 10.4. The van der Waals surface area contributed by atoms with E-state index in [0.717, 1.165) is 6.42 Å². The highest BCUT2D eigenvalue weighted by Gasteiger charge is 1.95. The molecule has 0 spiro atoms. The Hall–Kier alpha value is -0.820. The molecule has 0 saturated carbocycles. The Labute approximate surface area is 87.7 Å². The van der Waals surface area contributed by atoms with E-state index in [1.807, 2.05) is 0 Å². The van der Waals surface area contributed by atoms with Gasteiger partial charge in [0.15, 0.2) is 0 Å². The first-order chi connectivity index (χ1) is 6.72. The van der Waals surface area contributed by atoms with Gasteiger partial charge in [0.25, 0.3) is 0 Å². The van der Waals surface area contributed by atoms with Crippen LogP contribution in [0.1, 0.15) is 24.5 Å². The van der Waals surface area contributed by atoms with Crippen LogP contribution in [-0.2, 0) is 12.8 Å². The molecule has 0 N–H and O–H groups in total. The van der Waals surface area contributed by atoms with E-state index in [1.54, 1.807) is 0 Å². The molecule has 0 heterocycles. The van der Waals surface area contributed by atoms with Gasteiger partial charge in [-0.25, -0.2) is 0 Å². The number of hydrogen-bond acceptors (Lipinski definition) is 1. The number of aryl methyl sites for hydroxylation is 2. The maximum absolute atomic E-state index is 2.33. The largest absolute Gasteiger partial charge is 0.309 e. The van der Waals surface area contributed by atoms with Gasteiger partial charge in [-0.1, -0.05) is 31.2 Å². The number of nitrogens with zero attached hydrogens (tertiary/aromatic N) is 1. The SMILES string of the molecule is CCc1cccc(CCCN(C)C)c1. The van der Waals surface area contributed by atoms with Gasteiger partial charge in [0.1, 0.15) is 0 Å². The zero-order valence-electron chi connectivity index (χ0n) is 9.59. The van der Waals surface area contributed by atoms with E-state index < -0.39 is 0 Å². The van der Waals surface area contributed by atoms with E-state index in [2.05, 4.69) is 50.2 Å². The summed E-state index contributed by atoms with van der Waals surface area (Å²) in [4.78, 5) is 2.24. The molecule has 1 aromatic carbocycles. The second-order valence-corrected chi connectivity index (χ2v) is 4.08. The topological polar surface area (TPSA) is 3.24 Å². The fourth-order valence-electron chi connectivity index (χ4n) is 1.60. The number of rotatable bonds is 5. The van der Waals surface area contributed by atoms with E-state index in [1.165, 1.54) is 30.5 Å². The monoisotopic (exact) mass is 191 g/mol. The maximum Gasteiger partial charge on any atom is -0.00217 e. The highest BCUT2D eigenvalue weighted by atomic mass is 15.0. The Balaban J connectivity index is 2.42. The van der Waals surface area contributed by atoms with Crippen LogP contribution in [0.3, 0.4) is 0 Å². The molecule has 0 aliphatic carbocycles. The molecule has 0 fully saturated rings. The Morgan fingerprint density at radius 1 is 1.14 bits per heavy atom. The molecule has 0 aliphatic rings. The van der Waals surface area contributed by atoms with Crippen LogP contribution < -0.4 is 0 Å². The molecule has 0 atom stereocenters. The third-order valence-corrected chi connectivity index (χ3v) is 2.47. The molecule has 1 heteroatoms. The number of benzene rings is 1. The second kappa shape index (κ2) is 5.82. The first-order valence-corrected chi connectivity index (χ1v) is 5.45. The van der Waals surface area contributed by atoms with Crippen LogP contribution in [0, 0.1) is 0 Å². The van der Waals surface area contributed by atoms with Gasteiger partial charge < -0.3 is 4.90 Å². The lowest BCUT2D eigenvalue weighted by atomic mass is 10.1. The standard InChI is InChI=1S/C13H21N/c1-4-12-7-5-8-13(11-12)9-6-10-14(2)3/h5,7-8,11H,4,6,9-10H2,1-3H3. The van der Waals surface area contributed by atoms with Gasteiger partial charge in [-0.3, -0.25) is 0 Å². The minimum atomic E-state index is 1.14. The highest BCUT2D eigenvalue weighted by molar-refractivity contribution is 5.23. The lowest BCUT2D eigenvalue weighted by Crippen LogP contribution is -2.13. The fraction of sp³-hybridized carbons (Fsp3) is 0.538. The van der Waals surface area contributed by atoms with Crippen LogP contribution >= 0.6 is 0 Å². The van der Waals surface area contributed by atoms with Crippen molar-refractivity contribution in [1.29, 1.82) is 0 Å². The molecule has 0 unspecified atom stereocenters. The van der Waals surface area contributed by atoms with Gasteiger partial charge in [-0.15, -0.1) is 0 Å². The van der Waals surface area contributed by atoms with Gasteiger partial charge >= 0.3 is 0 Å². The summed E-state index contributed by atoms with van der Waals surface area (Å²) in [7, 11) is 4.25. The van der Waals surface area contributed by atoms with Crippen molar-refractivity contribution >= 4 is 0 Å². The van der Waals surface area contributed by atoms with Crippen molar-refractivity contribution in [2.24, 2.45) is 0 Å². The minimum absolute atomic E-state index is 1.14.